The SMILES string of the molecule is O=C(OC1C2CC3C1OC(=O)C3C2C(=O)OC(CS(=O)(=O)[O-])(C(F)(F)F)C(F)(F)F)c1c(I)ccc(I)c1I. The number of carbonyl (C=O) groups excluding carboxylic acids is 3. The van der Waals surface area contributed by atoms with Gasteiger partial charge in [0.2, 0.25) is 0 Å². The summed E-state index contributed by atoms with van der Waals surface area (Å²) in [5.74, 6) is -13.1. The lowest BCUT2D eigenvalue weighted by molar-refractivity contribution is -0.362. The van der Waals surface area contributed by atoms with Crippen molar-refractivity contribution in [2.75, 3.05) is 5.75 Å². The van der Waals surface area contributed by atoms with Crippen molar-refractivity contribution in [1.29, 1.82) is 0 Å². The van der Waals surface area contributed by atoms with Crippen molar-refractivity contribution in [3.8, 4) is 0 Å². The fraction of sp³-hybridized carbons (Fsp3) is 0.550. The number of hydrogen-bond acceptors (Lipinski definition) is 9. The van der Waals surface area contributed by atoms with Crippen LogP contribution < -0.4 is 0 Å². The van der Waals surface area contributed by atoms with Crippen LogP contribution in [0.1, 0.15) is 16.8 Å². The van der Waals surface area contributed by atoms with Crippen molar-refractivity contribution in [3.63, 3.8) is 0 Å². The Labute approximate surface area is 256 Å². The summed E-state index contributed by atoms with van der Waals surface area (Å²) in [5.41, 5.74) is -5.58. The highest BCUT2D eigenvalue weighted by Crippen LogP contribution is 2.60. The lowest BCUT2D eigenvalue weighted by Gasteiger charge is -2.39. The Morgan fingerprint density at radius 1 is 1.03 bits per heavy atom. The molecule has 2 bridgehead atoms. The summed E-state index contributed by atoms with van der Waals surface area (Å²) in [6, 6.07) is 3.31. The summed E-state index contributed by atoms with van der Waals surface area (Å²) < 4.78 is 131. The van der Waals surface area contributed by atoms with Crippen LogP contribution in [0.3, 0.4) is 0 Å². The van der Waals surface area contributed by atoms with Gasteiger partial charge in [0.1, 0.15) is 12.2 Å². The van der Waals surface area contributed by atoms with Crippen molar-refractivity contribution in [2.24, 2.45) is 23.7 Å². The van der Waals surface area contributed by atoms with E-state index in [0.717, 1.165) is 0 Å². The molecule has 1 aromatic rings. The first-order valence-electron chi connectivity index (χ1n) is 10.5. The zero-order chi connectivity index (χ0) is 29.5. The molecule has 39 heavy (non-hydrogen) atoms. The van der Waals surface area contributed by atoms with Crippen LogP contribution in [0.2, 0.25) is 0 Å². The third kappa shape index (κ3) is 5.34. The van der Waals surface area contributed by atoms with Crippen LogP contribution in [0.25, 0.3) is 0 Å². The predicted molar refractivity (Wildman–Crippen MR) is 138 cm³/mol. The standard InChI is InChI=1S/C20H13F6I3O9S/c21-19(22,23)18(20(24,25)26,4-39(33,34)35)38-17(32)10-6-3-5-9(10)15(30)36-13(5)14(6)37-16(31)11-7(27)1-2-8(28)12(11)29/h1-2,5-6,9-10,13-14H,3-4H2,(H,33,34,35)/p-1. The maximum atomic E-state index is 13.7. The van der Waals surface area contributed by atoms with Gasteiger partial charge >= 0.3 is 35.9 Å². The molecule has 3 aliphatic rings. The minimum absolute atomic E-state index is 0.111. The fourth-order valence-corrected chi connectivity index (χ4v) is 8.53. The van der Waals surface area contributed by atoms with Crippen LogP contribution >= 0.6 is 67.8 Å². The molecule has 1 aromatic carbocycles. The lowest BCUT2D eigenvalue weighted by atomic mass is 9.78. The van der Waals surface area contributed by atoms with Crippen molar-refractivity contribution < 1.29 is 67.9 Å². The Balaban J connectivity index is 1.69. The summed E-state index contributed by atoms with van der Waals surface area (Å²) in [7, 11) is -6.25. The van der Waals surface area contributed by atoms with Crippen molar-refractivity contribution >= 4 is 95.8 Å². The Kier molecular flexibility index (Phi) is 8.20. The zero-order valence-corrected chi connectivity index (χ0v) is 25.8. The van der Waals surface area contributed by atoms with Gasteiger partial charge in [-0.05, 0) is 86.3 Å². The summed E-state index contributed by atoms with van der Waals surface area (Å²) >= 11 is 5.68. The van der Waals surface area contributed by atoms with Crippen LogP contribution in [0.4, 0.5) is 26.3 Å². The molecule has 19 heteroatoms. The number of ether oxygens (including phenoxy) is 3. The molecule has 9 nitrogen and oxygen atoms in total. The molecule has 1 heterocycles. The second-order valence-corrected chi connectivity index (χ2v) is 13.9. The molecule has 216 valence electrons. The Morgan fingerprint density at radius 3 is 2.13 bits per heavy atom. The van der Waals surface area contributed by atoms with Crippen molar-refractivity contribution in [3.05, 3.63) is 28.4 Å². The predicted octanol–water partition coefficient (Wildman–Crippen LogP) is 3.79. The largest absolute Gasteiger partial charge is 0.748 e. The average Bonchev–Trinajstić information content (AvgIpc) is 3.37. The first-order valence-corrected chi connectivity index (χ1v) is 15.4. The third-order valence-corrected chi connectivity index (χ3v) is 11.6. The van der Waals surface area contributed by atoms with E-state index in [-0.39, 0.29) is 12.0 Å². The Bertz CT molecular complexity index is 1340. The van der Waals surface area contributed by atoms with Crippen molar-refractivity contribution in [2.45, 2.75) is 36.6 Å². The maximum Gasteiger partial charge on any atom is 0.438 e. The molecular weight excluding hydrogens is 911 g/mol. The number of rotatable bonds is 6. The molecule has 1 saturated heterocycles. The van der Waals surface area contributed by atoms with Gasteiger partial charge in [0.05, 0.1) is 33.3 Å². The summed E-state index contributed by atoms with van der Waals surface area (Å²) in [6.45, 7) is 0. The summed E-state index contributed by atoms with van der Waals surface area (Å²) in [5, 5.41) is 0. The van der Waals surface area contributed by atoms with Gasteiger partial charge in [-0.15, -0.1) is 0 Å². The second kappa shape index (κ2) is 10.2. The van der Waals surface area contributed by atoms with Crippen LogP contribution in [0.5, 0.6) is 0 Å². The average molecular weight is 923 g/mol. The molecule has 2 saturated carbocycles. The second-order valence-electron chi connectivity index (χ2n) is 9.05. The molecule has 6 atom stereocenters. The lowest BCUT2D eigenvalue weighted by Crippen LogP contribution is -2.64. The summed E-state index contributed by atoms with van der Waals surface area (Å²) in [4.78, 5) is 38.5. The van der Waals surface area contributed by atoms with Gasteiger partial charge in [-0.25, -0.2) is 13.2 Å². The molecular formula is C20H12F6I3O9S-. The Morgan fingerprint density at radius 2 is 1.59 bits per heavy atom. The highest BCUT2D eigenvalue weighted by molar-refractivity contribution is 14.1. The van der Waals surface area contributed by atoms with Gasteiger partial charge in [0.25, 0.3) is 0 Å². The number of alkyl halides is 6. The fourth-order valence-electron chi connectivity index (χ4n) is 5.32. The topological polar surface area (TPSA) is 136 Å². The molecule has 0 spiro atoms. The van der Waals surface area contributed by atoms with Crippen LogP contribution in [0.15, 0.2) is 12.1 Å². The highest BCUT2D eigenvalue weighted by Gasteiger charge is 2.77. The van der Waals surface area contributed by atoms with E-state index < -0.39 is 87.6 Å². The van der Waals surface area contributed by atoms with E-state index in [9.17, 15) is 53.7 Å². The van der Waals surface area contributed by atoms with E-state index >= 15 is 0 Å². The smallest absolute Gasteiger partial charge is 0.438 e. The molecule has 0 amide bonds. The number of fused-ring (bicyclic) bond motifs is 1. The molecule has 0 N–H and O–H groups in total. The normalized spacial score (nSPS) is 28.4. The van der Waals surface area contributed by atoms with E-state index in [1.807, 2.05) is 67.8 Å². The Hall–Kier alpha value is -0.690. The molecule has 0 radical (unpaired) electrons. The summed E-state index contributed by atoms with van der Waals surface area (Å²) in [6.07, 6.45) is -15.8. The van der Waals surface area contributed by atoms with E-state index in [1.165, 1.54) is 0 Å². The molecule has 0 aromatic heterocycles. The molecule has 6 unspecified atom stereocenters. The maximum absolute atomic E-state index is 13.7. The van der Waals surface area contributed by atoms with E-state index in [1.54, 1.807) is 12.1 Å². The molecule has 3 fully saturated rings. The van der Waals surface area contributed by atoms with Gasteiger partial charge in [-0.2, -0.15) is 26.3 Å². The minimum atomic E-state index is -6.57. The van der Waals surface area contributed by atoms with Gasteiger partial charge in [0.15, 0.2) is 0 Å². The van der Waals surface area contributed by atoms with Crippen LogP contribution in [-0.2, 0) is 33.9 Å². The van der Waals surface area contributed by atoms with E-state index in [4.69, 9.17) is 9.47 Å². The molecule has 4 rings (SSSR count). The zero-order valence-electron chi connectivity index (χ0n) is 18.5. The monoisotopic (exact) mass is 923 g/mol. The quantitative estimate of drug-likeness (QED) is 0.104. The third-order valence-electron chi connectivity index (χ3n) is 6.88. The van der Waals surface area contributed by atoms with E-state index in [2.05, 4.69) is 4.74 Å². The first-order chi connectivity index (χ1) is 17.7. The van der Waals surface area contributed by atoms with Gasteiger partial charge in [0, 0.05) is 22.5 Å². The first kappa shape index (κ1) is 31.3. The number of halogens is 9. The van der Waals surface area contributed by atoms with Gasteiger partial charge < -0.3 is 18.8 Å². The number of esters is 3. The minimum Gasteiger partial charge on any atom is -0.748 e. The molecule has 2 aliphatic carbocycles. The van der Waals surface area contributed by atoms with Gasteiger partial charge in [-0.1, -0.05) is 0 Å². The van der Waals surface area contributed by atoms with Crippen LogP contribution in [-0.4, -0.2) is 66.8 Å². The van der Waals surface area contributed by atoms with Crippen molar-refractivity contribution in [1.82, 2.24) is 0 Å². The highest BCUT2D eigenvalue weighted by atomic mass is 127. The number of carbonyl (C=O) groups is 3. The van der Waals surface area contributed by atoms with Gasteiger partial charge in [-0.3, -0.25) is 9.59 Å². The molecule has 1 aliphatic heterocycles. The van der Waals surface area contributed by atoms with E-state index in [0.29, 0.717) is 10.7 Å². The van der Waals surface area contributed by atoms with Crippen LogP contribution in [0, 0.1) is 34.4 Å². The number of benzene rings is 1. The number of hydrogen-bond donors (Lipinski definition) is 0.